The molecule has 1 aromatic rings. The number of rotatable bonds is 6. The van der Waals surface area contributed by atoms with Gasteiger partial charge in [0.2, 0.25) is 5.91 Å². The summed E-state index contributed by atoms with van der Waals surface area (Å²) in [4.78, 5) is 16.1. The van der Waals surface area contributed by atoms with E-state index in [1.54, 1.807) is 30.1 Å². The van der Waals surface area contributed by atoms with Gasteiger partial charge in [0.1, 0.15) is 5.82 Å². The van der Waals surface area contributed by atoms with E-state index in [4.69, 9.17) is 0 Å². The quantitative estimate of drug-likeness (QED) is 0.863. The van der Waals surface area contributed by atoms with Crippen LogP contribution in [0.1, 0.15) is 18.9 Å². The molecule has 1 unspecified atom stereocenters. The van der Waals surface area contributed by atoms with Crippen molar-refractivity contribution in [3.05, 3.63) is 35.6 Å². The molecular formula is C16H24FN3O. The molecule has 0 aliphatic carbocycles. The van der Waals surface area contributed by atoms with Gasteiger partial charge in [0.05, 0.1) is 6.54 Å². The number of hydrogen-bond acceptors (Lipinski definition) is 3. The van der Waals surface area contributed by atoms with Crippen LogP contribution in [0.3, 0.4) is 0 Å². The first-order valence-electron chi connectivity index (χ1n) is 7.54. The van der Waals surface area contributed by atoms with Crippen molar-refractivity contribution in [1.29, 1.82) is 0 Å². The number of hydrogen-bond donors (Lipinski definition) is 1. The Morgan fingerprint density at radius 2 is 2.19 bits per heavy atom. The van der Waals surface area contributed by atoms with Gasteiger partial charge < -0.3 is 10.2 Å². The number of carbonyl (C=O) groups is 1. The van der Waals surface area contributed by atoms with Gasteiger partial charge in [-0.05, 0) is 25.6 Å². The molecule has 2 rings (SSSR count). The molecule has 1 aliphatic rings. The molecule has 0 bridgehead atoms. The second-order valence-corrected chi connectivity index (χ2v) is 5.55. The van der Waals surface area contributed by atoms with E-state index < -0.39 is 0 Å². The molecule has 1 heterocycles. The average molecular weight is 293 g/mol. The molecule has 0 aromatic heterocycles. The average Bonchev–Trinajstić information content (AvgIpc) is 3.00. The molecule has 116 valence electrons. The van der Waals surface area contributed by atoms with Crippen molar-refractivity contribution in [3.8, 4) is 0 Å². The highest BCUT2D eigenvalue weighted by Gasteiger charge is 2.24. The van der Waals surface area contributed by atoms with E-state index in [0.717, 1.165) is 26.1 Å². The summed E-state index contributed by atoms with van der Waals surface area (Å²) in [6.07, 6.45) is 1.08. The van der Waals surface area contributed by atoms with Gasteiger partial charge >= 0.3 is 0 Å². The fourth-order valence-corrected chi connectivity index (χ4v) is 2.71. The van der Waals surface area contributed by atoms with Crippen molar-refractivity contribution in [2.45, 2.75) is 25.9 Å². The first-order chi connectivity index (χ1) is 10.1. The molecule has 0 saturated carbocycles. The maximum absolute atomic E-state index is 13.6. The van der Waals surface area contributed by atoms with Gasteiger partial charge in [-0.3, -0.25) is 9.69 Å². The number of benzene rings is 1. The molecule has 4 nitrogen and oxygen atoms in total. The summed E-state index contributed by atoms with van der Waals surface area (Å²) < 4.78 is 13.6. The van der Waals surface area contributed by atoms with Gasteiger partial charge in [-0.2, -0.15) is 0 Å². The first kappa shape index (κ1) is 15.9. The summed E-state index contributed by atoms with van der Waals surface area (Å²) in [5.74, 6) is -0.225. The van der Waals surface area contributed by atoms with Crippen molar-refractivity contribution in [2.75, 3.05) is 33.2 Å². The predicted molar refractivity (Wildman–Crippen MR) is 81.4 cm³/mol. The minimum atomic E-state index is -0.260. The van der Waals surface area contributed by atoms with Gasteiger partial charge in [0.15, 0.2) is 0 Å². The monoisotopic (exact) mass is 293 g/mol. The Morgan fingerprint density at radius 1 is 1.43 bits per heavy atom. The lowest BCUT2D eigenvalue weighted by Gasteiger charge is -2.28. The van der Waals surface area contributed by atoms with E-state index in [0.29, 0.717) is 24.7 Å². The van der Waals surface area contributed by atoms with Gasteiger partial charge in [0.25, 0.3) is 0 Å². The zero-order valence-corrected chi connectivity index (χ0v) is 12.8. The summed E-state index contributed by atoms with van der Waals surface area (Å²) in [6, 6.07) is 7.03. The molecule has 0 spiro atoms. The molecule has 0 radical (unpaired) electrons. The Morgan fingerprint density at radius 3 is 2.81 bits per heavy atom. The number of likely N-dealkylation sites (N-methyl/N-ethyl adjacent to an activating group) is 2. The highest BCUT2D eigenvalue weighted by atomic mass is 19.1. The SMILES string of the molecule is CCN(CC(=O)N(C)Cc1ccccc1F)C1CCNC1. The molecule has 21 heavy (non-hydrogen) atoms. The van der Waals surface area contributed by atoms with Crippen LogP contribution in [-0.4, -0.2) is 55.0 Å². The topological polar surface area (TPSA) is 35.6 Å². The molecule has 1 N–H and O–H groups in total. The number of halogens is 1. The Labute approximate surface area is 125 Å². The smallest absolute Gasteiger partial charge is 0.236 e. The van der Waals surface area contributed by atoms with Crippen molar-refractivity contribution < 1.29 is 9.18 Å². The van der Waals surface area contributed by atoms with Crippen LogP contribution in [0.15, 0.2) is 24.3 Å². The van der Waals surface area contributed by atoms with Crippen LogP contribution < -0.4 is 5.32 Å². The molecule has 1 atom stereocenters. The number of nitrogens with one attached hydrogen (secondary N) is 1. The molecule has 1 aliphatic heterocycles. The first-order valence-corrected chi connectivity index (χ1v) is 7.54. The van der Waals surface area contributed by atoms with E-state index in [9.17, 15) is 9.18 Å². The van der Waals surface area contributed by atoms with Gasteiger partial charge in [-0.1, -0.05) is 25.1 Å². The summed E-state index contributed by atoms with van der Waals surface area (Å²) in [6.45, 7) is 5.59. The fourth-order valence-electron chi connectivity index (χ4n) is 2.71. The summed E-state index contributed by atoms with van der Waals surface area (Å²) in [5, 5.41) is 3.32. The fraction of sp³-hybridized carbons (Fsp3) is 0.562. The van der Waals surface area contributed by atoms with Gasteiger partial charge in [0, 0.05) is 31.7 Å². The Kier molecular flexibility index (Phi) is 5.70. The molecular weight excluding hydrogens is 269 g/mol. The zero-order chi connectivity index (χ0) is 15.2. The van der Waals surface area contributed by atoms with Crippen molar-refractivity contribution in [3.63, 3.8) is 0 Å². The van der Waals surface area contributed by atoms with E-state index in [-0.39, 0.29) is 11.7 Å². The van der Waals surface area contributed by atoms with Gasteiger partial charge in [-0.25, -0.2) is 4.39 Å². The minimum Gasteiger partial charge on any atom is -0.340 e. The number of nitrogens with zero attached hydrogens (tertiary/aromatic N) is 2. The minimum absolute atomic E-state index is 0.0343. The lowest BCUT2D eigenvalue weighted by atomic mass is 10.2. The van der Waals surface area contributed by atoms with E-state index in [2.05, 4.69) is 17.1 Å². The summed E-state index contributed by atoms with van der Waals surface area (Å²) >= 11 is 0. The largest absolute Gasteiger partial charge is 0.340 e. The highest BCUT2D eigenvalue weighted by Crippen LogP contribution is 2.11. The van der Waals surface area contributed by atoms with Crippen molar-refractivity contribution in [2.24, 2.45) is 0 Å². The second kappa shape index (κ2) is 7.52. The van der Waals surface area contributed by atoms with Crippen LogP contribution in [0.5, 0.6) is 0 Å². The van der Waals surface area contributed by atoms with Crippen LogP contribution in [0, 0.1) is 5.82 Å². The Hall–Kier alpha value is -1.46. The second-order valence-electron chi connectivity index (χ2n) is 5.55. The number of amides is 1. The van der Waals surface area contributed by atoms with E-state index >= 15 is 0 Å². The predicted octanol–water partition coefficient (Wildman–Crippen LogP) is 1.47. The Bertz CT molecular complexity index is 474. The maximum Gasteiger partial charge on any atom is 0.236 e. The third-order valence-corrected chi connectivity index (χ3v) is 4.09. The zero-order valence-electron chi connectivity index (χ0n) is 12.8. The Balaban J connectivity index is 1.91. The lowest BCUT2D eigenvalue weighted by Crippen LogP contribution is -2.44. The van der Waals surface area contributed by atoms with E-state index in [1.165, 1.54) is 6.07 Å². The highest BCUT2D eigenvalue weighted by molar-refractivity contribution is 5.78. The maximum atomic E-state index is 13.6. The van der Waals surface area contributed by atoms with Crippen LogP contribution in [0.2, 0.25) is 0 Å². The van der Waals surface area contributed by atoms with Gasteiger partial charge in [-0.15, -0.1) is 0 Å². The van der Waals surface area contributed by atoms with Crippen molar-refractivity contribution >= 4 is 5.91 Å². The van der Waals surface area contributed by atoms with Crippen LogP contribution in [0.25, 0.3) is 0 Å². The normalized spacial score (nSPS) is 18.2. The standard InChI is InChI=1S/C16H24FN3O/c1-3-20(14-8-9-18-10-14)12-16(21)19(2)11-13-6-4-5-7-15(13)17/h4-7,14,18H,3,8-12H2,1-2H3. The summed E-state index contributed by atoms with van der Waals surface area (Å²) in [7, 11) is 1.73. The van der Waals surface area contributed by atoms with Crippen LogP contribution in [-0.2, 0) is 11.3 Å². The number of carbonyl (C=O) groups excluding carboxylic acids is 1. The molecule has 1 aromatic carbocycles. The molecule has 5 heteroatoms. The van der Waals surface area contributed by atoms with Crippen molar-refractivity contribution in [1.82, 2.24) is 15.1 Å². The van der Waals surface area contributed by atoms with E-state index in [1.807, 2.05) is 0 Å². The molecule has 1 fully saturated rings. The molecule has 1 saturated heterocycles. The molecule has 1 amide bonds. The third kappa shape index (κ3) is 4.25. The lowest BCUT2D eigenvalue weighted by molar-refractivity contribution is -0.132. The van der Waals surface area contributed by atoms with Crippen LogP contribution in [0.4, 0.5) is 4.39 Å². The third-order valence-electron chi connectivity index (χ3n) is 4.09. The summed E-state index contributed by atoms with van der Waals surface area (Å²) in [5.41, 5.74) is 0.555. The van der Waals surface area contributed by atoms with Crippen LogP contribution >= 0.6 is 0 Å².